The van der Waals surface area contributed by atoms with E-state index in [0.717, 1.165) is 27.6 Å². The summed E-state index contributed by atoms with van der Waals surface area (Å²) in [6.07, 6.45) is 4.19. The van der Waals surface area contributed by atoms with Crippen LogP contribution in [0.4, 0.5) is 11.6 Å². The van der Waals surface area contributed by atoms with Crippen LogP contribution < -0.4 is 15.8 Å². The van der Waals surface area contributed by atoms with Crippen LogP contribution in [0.25, 0.3) is 22.0 Å². The molecule has 32 heavy (non-hydrogen) atoms. The molecule has 5 rings (SSSR count). The fraction of sp³-hybridized carbons (Fsp3) is 0.348. The average Bonchev–Trinajstić information content (AvgIpc) is 3.23. The molecule has 1 amide bonds. The summed E-state index contributed by atoms with van der Waals surface area (Å²) in [5.74, 6) is 1.16. The molecule has 2 fully saturated rings. The Hall–Kier alpha value is -3.04. The number of pyridine rings is 2. The topological polar surface area (TPSA) is 127 Å². The van der Waals surface area contributed by atoms with Gasteiger partial charge in [0.25, 0.3) is 0 Å². The Kier molecular flexibility index (Phi) is 4.90. The number of nitrogens with two attached hydrogens (primary N) is 1. The van der Waals surface area contributed by atoms with Crippen molar-refractivity contribution in [3.63, 3.8) is 0 Å². The molecule has 4 N–H and O–H groups in total. The highest BCUT2D eigenvalue weighted by atomic mass is 32.2. The first-order valence-electron chi connectivity index (χ1n) is 10.6. The molecule has 0 spiro atoms. The summed E-state index contributed by atoms with van der Waals surface area (Å²) < 4.78 is 25.5. The van der Waals surface area contributed by atoms with E-state index in [2.05, 4.69) is 20.0 Å². The first-order valence-corrected chi connectivity index (χ1v) is 12.5. The second-order valence-corrected chi connectivity index (χ2v) is 10.7. The molecule has 0 aliphatic heterocycles. The third-order valence-electron chi connectivity index (χ3n) is 6.55. The van der Waals surface area contributed by atoms with Gasteiger partial charge in [0.15, 0.2) is 0 Å². The number of nitrogens with one attached hydrogen (secondary N) is 2. The van der Waals surface area contributed by atoms with E-state index in [1.165, 1.54) is 6.26 Å². The van der Waals surface area contributed by atoms with E-state index in [1.807, 2.05) is 43.3 Å². The fourth-order valence-corrected chi connectivity index (χ4v) is 5.88. The van der Waals surface area contributed by atoms with Crippen molar-refractivity contribution in [2.45, 2.75) is 25.8 Å². The Morgan fingerprint density at radius 3 is 2.56 bits per heavy atom. The van der Waals surface area contributed by atoms with Crippen molar-refractivity contribution in [2.24, 2.45) is 17.8 Å². The van der Waals surface area contributed by atoms with Crippen molar-refractivity contribution in [3.8, 4) is 11.3 Å². The number of nitrogen functional groups attached to an aromatic ring is 1. The molecule has 166 valence electrons. The molecule has 4 atom stereocenters. The molecule has 0 bridgehead atoms. The normalized spacial score (nSPS) is 24.3. The first kappa shape index (κ1) is 20.8. The number of carbonyl (C=O) groups is 1. The number of fused-ring (bicyclic) bond motifs is 2. The minimum Gasteiger partial charge on any atom is -0.383 e. The number of amides is 1. The molecule has 2 heterocycles. The molecule has 2 saturated carbocycles. The van der Waals surface area contributed by atoms with Crippen LogP contribution in [-0.4, -0.2) is 36.6 Å². The summed E-state index contributed by atoms with van der Waals surface area (Å²) >= 11 is 0. The van der Waals surface area contributed by atoms with Crippen LogP contribution in [0, 0.1) is 24.7 Å². The van der Waals surface area contributed by atoms with Gasteiger partial charge in [0.05, 0.1) is 11.9 Å². The van der Waals surface area contributed by atoms with E-state index in [9.17, 15) is 13.2 Å². The zero-order valence-electron chi connectivity index (χ0n) is 17.9. The highest BCUT2D eigenvalue weighted by Crippen LogP contribution is 2.57. The van der Waals surface area contributed by atoms with E-state index in [4.69, 9.17) is 5.73 Å². The Morgan fingerprint density at radius 2 is 1.88 bits per heavy atom. The van der Waals surface area contributed by atoms with Crippen LogP contribution >= 0.6 is 0 Å². The van der Waals surface area contributed by atoms with Gasteiger partial charge in [-0.1, -0.05) is 24.3 Å². The summed E-state index contributed by atoms with van der Waals surface area (Å²) in [4.78, 5) is 21.7. The molecule has 2 aliphatic rings. The average molecular weight is 452 g/mol. The van der Waals surface area contributed by atoms with Crippen molar-refractivity contribution >= 4 is 38.3 Å². The number of aromatic nitrogens is 2. The molecular formula is C23H25N5O3S. The lowest BCUT2D eigenvalue weighted by Gasteiger charge is -2.14. The number of aryl methyl sites for hydroxylation is 1. The Morgan fingerprint density at radius 1 is 1.16 bits per heavy atom. The van der Waals surface area contributed by atoms with Gasteiger partial charge < -0.3 is 11.1 Å². The van der Waals surface area contributed by atoms with Crippen molar-refractivity contribution < 1.29 is 13.2 Å². The van der Waals surface area contributed by atoms with Crippen LogP contribution in [0.2, 0.25) is 0 Å². The van der Waals surface area contributed by atoms with Crippen LogP contribution in [0.1, 0.15) is 18.4 Å². The molecule has 9 heteroatoms. The maximum absolute atomic E-state index is 12.8. The standard InChI is InChI=1S/C23H25N5O3S/c1-12-5-3-4-6-15(12)19-7-13-8-20(25-11-18(13)22(24)26-19)27-23(29)21-16-9-14(10-17(16)21)28-32(2,30)31/h3-8,11,14,16-17,21,28H,9-10H2,1-2H3,(H2,24,26)(H,25,27,29)/t14?,16-,17+,21?. The molecule has 0 saturated heterocycles. The minimum atomic E-state index is -3.22. The van der Waals surface area contributed by atoms with Gasteiger partial charge in [-0.3, -0.25) is 4.79 Å². The van der Waals surface area contributed by atoms with Crippen molar-refractivity contribution in [3.05, 3.63) is 48.2 Å². The Labute approximate surface area is 186 Å². The van der Waals surface area contributed by atoms with E-state index >= 15 is 0 Å². The number of anilines is 2. The first-order chi connectivity index (χ1) is 15.2. The molecule has 0 radical (unpaired) electrons. The van der Waals surface area contributed by atoms with E-state index < -0.39 is 10.0 Å². The fourth-order valence-electron chi connectivity index (χ4n) is 5.08. The van der Waals surface area contributed by atoms with E-state index in [-0.39, 0.29) is 29.7 Å². The summed E-state index contributed by atoms with van der Waals surface area (Å²) in [5.41, 5.74) is 9.07. The monoisotopic (exact) mass is 451 g/mol. The van der Waals surface area contributed by atoms with Gasteiger partial charge in [-0.15, -0.1) is 0 Å². The lowest BCUT2D eigenvalue weighted by atomic mass is 10.0. The predicted molar refractivity (Wildman–Crippen MR) is 124 cm³/mol. The largest absolute Gasteiger partial charge is 0.383 e. The lowest BCUT2D eigenvalue weighted by Crippen LogP contribution is -2.34. The maximum atomic E-state index is 12.8. The summed E-state index contributed by atoms with van der Waals surface area (Å²) in [7, 11) is -3.22. The Bertz CT molecular complexity index is 1330. The molecule has 3 aromatic rings. The quantitative estimate of drug-likeness (QED) is 0.547. The predicted octanol–water partition coefficient (Wildman–Crippen LogP) is 2.70. The molecule has 2 aliphatic carbocycles. The van der Waals surface area contributed by atoms with Gasteiger partial charge in [-0.2, -0.15) is 0 Å². The van der Waals surface area contributed by atoms with Gasteiger partial charge in [0.1, 0.15) is 11.6 Å². The molecule has 8 nitrogen and oxygen atoms in total. The number of sulfonamides is 1. The van der Waals surface area contributed by atoms with Crippen LogP contribution in [-0.2, 0) is 14.8 Å². The smallest absolute Gasteiger partial charge is 0.229 e. The third-order valence-corrected chi connectivity index (χ3v) is 7.31. The SMILES string of the molecule is Cc1ccccc1-c1cc2cc(NC(=O)C3[C@H]4CC(NS(C)(=O)=O)C[C@@H]34)ncc2c(N)n1. The van der Waals surface area contributed by atoms with Crippen molar-refractivity contribution in [1.29, 1.82) is 0 Å². The van der Waals surface area contributed by atoms with Crippen molar-refractivity contribution in [1.82, 2.24) is 14.7 Å². The summed E-state index contributed by atoms with van der Waals surface area (Å²) in [6.45, 7) is 2.03. The Balaban J connectivity index is 1.33. The summed E-state index contributed by atoms with van der Waals surface area (Å²) in [5, 5.41) is 4.52. The van der Waals surface area contributed by atoms with Gasteiger partial charge in [0, 0.05) is 29.1 Å². The van der Waals surface area contributed by atoms with E-state index in [1.54, 1.807) is 6.20 Å². The molecule has 1 aromatic carbocycles. The zero-order valence-corrected chi connectivity index (χ0v) is 18.7. The summed E-state index contributed by atoms with van der Waals surface area (Å²) in [6, 6.07) is 11.7. The number of benzene rings is 1. The molecular weight excluding hydrogens is 426 g/mol. The van der Waals surface area contributed by atoms with Gasteiger partial charge >= 0.3 is 0 Å². The maximum Gasteiger partial charge on any atom is 0.229 e. The highest BCUT2D eigenvalue weighted by molar-refractivity contribution is 7.88. The number of hydrogen-bond acceptors (Lipinski definition) is 6. The second-order valence-electron chi connectivity index (χ2n) is 8.90. The third kappa shape index (κ3) is 3.93. The zero-order chi connectivity index (χ0) is 22.6. The van der Waals surface area contributed by atoms with Gasteiger partial charge in [-0.05, 0) is 54.7 Å². The minimum absolute atomic E-state index is 0.0641. The number of rotatable bonds is 5. The van der Waals surface area contributed by atoms with Crippen LogP contribution in [0.3, 0.4) is 0 Å². The number of nitrogens with zero attached hydrogens (tertiary/aromatic N) is 2. The van der Waals surface area contributed by atoms with Crippen molar-refractivity contribution in [2.75, 3.05) is 17.3 Å². The van der Waals surface area contributed by atoms with Gasteiger partial charge in [-0.25, -0.2) is 23.1 Å². The number of carbonyl (C=O) groups excluding carboxylic acids is 1. The lowest BCUT2D eigenvalue weighted by molar-refractivity contribution is -0.118. The molecule has 2 aromatic heterocycles. The highest BCUT2D eigenvalue weighted by Gasteiger charge is 2.59. The van der Waals surface area contributed by atoms with E-state index in [0.29, 0.717) is 24.5 Å². The van der Waals surface area contributed by atoms with Crippen LogP contribution in [0.15, 0.2) is 42.6 Å². The van der Waals surface area contributed by atoms with Gasteiger partial charge in [0.2, 0.25) is 15.9 Å². The number of hydrogen-bond donors (Lipinski definition) is 3. The molecule has 2 unspecified atom stereocenters. The second kappa shape index (κ2) is 7.53. The van der Waals surface area contributed by atoms with Crippen LogP contribution in [0.5, 0.6) is 0 Å².